The van der Waals surface area contributed by atoms with Crippen molar-refractivity contribution in [3.05, 3.63) is 35.9 Å². The van der Waals surface area contributed by atoms with Gasteiger partial charge in [-0.25, -0.2) is 9.59 Å². The van der Waals surface area contributed by atoms with Crippen LogP contribution in [-0.2, 0) is 30.5 Å². The lowest BCUT2D eigenvalue weighted by molar-refractivity contribution is -0.148. The highest BCUT2D eigenvalue weighted by Crippen LogP contribution is 2.18. The van der Waals surface area contributed by atoms with Crippen LogP contribution in [0.1, 0.15) is 25.3 Å². The fourth-order valence-electron chi connectivity index (χ4n) is 2.62. The molecule has 0 saturated carbocycles. The predicted molar refractivity (Wildman–Crippen MR) is 107 cm³/mol. The molecule has 1 aromatic rings. The Balaban J connectivity index is 1.98. The smallest absolute Gasteiger partial charge is 0.408 e. The lowest BCUT2D eigenvalue weighted by Gasteiger charge is -2.22. The summed E-state index contributed by atoms with van der Waals surface area (Å²) >= 11 is 5.79. The lowest BCUT2D eigenvalue weighted by atomic mass is 10.1. The van der Waals surface area contributed by atoms with Crippen molar-refractivity contribution < 1.29 is 33.8 Å². The molecule has 1 aromatic carbocycles. The molecule has 30 heavy (non-hydrogen) atoms. The van der Waals surface area contributed by atoms with Gasteiger partial charge in [-0.2, -0.15) is 0 Å². The topological polar surface area (TPSA) is 136 Å². The first kappa shape index (κ1) is 23.4. The molecule has 1 heterocycles. The number of hydrogen-bond donors (Lipinski definition) is 3. The van der Waals surface area contributed by atoms with Crippen LogP contribution in [0.4, 0.5) is 4.79 Å². The zero-order valence-corrected chi connectivity index (χ0v) is 17.1. The van der Waals surface area contributed by atoms with Gasteiger partial charge in [-0.3, -0.25) is 4.79 Å². The molecule has 164 valence electrons. The van der Waals surface area contributed by atoms with Crippen molar-refractivity contribution in [2.24, 2.45) is 5.16 Å². The van der Waals surface area contributed by atoms with Crippen LogP contribution in [0.2, 0.25) is 0 Å². The van der Waals surface area contributed by atoms with Crippen molar-refractivity contribution >= 4 is 34.7 Å². The van der Waals surface area contributed by atoms with Crippen LogP contribution in [-0.4, -0.2) is 59.6 Å². The summed E-state index contributed by atoms with van der Waals surface area (Å²) in [7, 11) is 0. The molecule has 0 bridgehead atoms. The maximum Gasteiger partial charge on any atom is 0.408 e. The molecule has 0 aromatic heterocycles. The summed E-state index contributed by atoms with van der Waals surface area (Å²) in [4.78, 5) is 41.8. The average Bonchev–Trinajstić information content (AvgIpc) is 3.15. The number of halogens is 1. The standard InChI is InChI=1S/C19H24ClN3O7/c1-2-28-18(26)15(10-24)21-17(25)14(8-13-9-16(20)23-30-13)22-19(27)29-11-12-6-4-3-5-7-12/h3-7,13-15,24H,2,8-11H2,1H3,(H,21,25)(H,22,27)/t13?,14?,15-/m0/s1. The first-order valence-electron chi connectivity index (χ1n) is 9.36. The van der Waals surface area contributed by atoms with Crippen LogP contribution < -0.4 is 10.6 Å². The second-order valence-electron chi connectivity index (χ2n) is 6.39. The van der Waals surface area contributed by atoms with E-state index in [4.69, 9.17) is 25.9 Å². The molecule has 0 radical (unpaired) electrons. The van der Waals surface area contributed by atoms with Gasteiger partial charge in [0, 0.05) is 12.8 Å². The van der Waals surface area contributed by atoms with Crippen molar-refractivity contribution in [2.75, 3.05) is 13.2 Å². The number of esters is 1. The summed E-state index contributed by atoms with van der Waals surface area (Å²) in [5.74, 6) is -1.51. The Bertz CT molecular complexity index is 760. The Kier molecular flexibility index (Phi) is 9.36. The molecule has 0 spiro atoms. The zero-order chi connectivity index (χ0) is 21.9. The van der Waals surface area contributed by atoms with E-state index in [2.05, 4.69) is 15.8 Å². The fraction of sp³-hybridized carbons (Fsp3) is 0.474. The molecular weight excluding hydrogens is 418 g/mol. The van der Waals surface area contributed by atoms with Gasteiger partial charge in [0.15, 0.2) is 6.04 Å². The van der Waals surface area contributed by atoms with Gasteiger partial charge >= 0.3 is 12.1 Å². The number of oxime groups is 1. The minimum absolute atomic E-state index is 0.0119. The van der Waals surface area contributed by atoms with Gasteiger partial charge in [0.25, 0.3) is 0 Å². The quantitative estimate of drug-likeness (QED) is 0.462. The Morgan fingerprint density at radius 2 is 1.97 bits per heavy atom. The number of carbonyl (C=O) groups is 3. The number of nitrogens with zero attached hydrogens (tertiary/aromatic N) is 1. The van der Waals surface area contributed by atoms with E-state index < -0.39 is 42.8 Å². The number of aliphatic hydroxyl groups is 1. The van der Waals surface area contributed by atoms with Crippen molar-refractivity contribution in [1.29, 1.82) is 0 Å². The summed E-state index contributed by atoms with van der Waals surface area (Å²) in [6.07, 6.45) is -1.08. The minimum atomic E-state index is -1.27. The number of hydrogen-bond acceptors (Lipinski definition) is 8. The van der Waals surface area contributed by atoms with E-state index >= 15 is 0 Å². The number of rotatable bonds is 10. The average molecular weight is 442 g/mol. The second kappa shape index (κ2) is 12.0. The molecule has 1 aliphatic rings. The molecule has 2 amide bonds. The molecule has 2 unspecified atom stereocenters. The molecule has 10 nitrogen and oxygen atoms in total. The summed E-state index contributed by atoms with van der Waals surface area (Å²) in [5.41, 5.74) is 0.774. The summed E-state index contributed by atoms with van der Waals surface area (Å²) in [6.45, 7) is 1.04. The van der Waals surface area contributed by atoms with E-state index in [0.29, 0.717) is 0 Å². The van der Waals surface area contributed by atoms with Crippen LogP contribution in [0.3, 0.4) is 0 Å². The maximum atomic E-state index is 12.7. The third-order valence-corrected chi connectivity index (χ3v) is 4.31. The van der Waals surface area contributed by atoms with Gasteiger partial charge in [-0.05, 0) is 12.5 Å². The number of ether oxygens (including phenoxy) is 2. The van der Waals surface area contributed by atoms with Crippen LogP contribution >= 0.6 is 11.6 Å². The number of carbonyl (C=O) groups excluding carboxylic acids is 3. The van der Waals surface area contributed by atoms with E-state index in [1.807, 2.05) is 6.07 Å². The van der Waals surface area contributed by atoms with Crippen molar-refractivity contribution in [1.82, 2.24) is 10.6 Å². The van der Waals surface area contributed by atoms with Crippen LogP contribution in [0.5, 0.6) is 0 Å². The number of aliphatic hydroxyl groups excluding tert-OH is 1. The van der Waals surface area contributed by atoms with Gasteiger partial charge in [0.05, 0.1) is 13.2 Å². The highest BCUT2D eigenvalue weighted by atomic mass is 35.5. The van der Waals surface area contributed by atoms with Gasteiger partial charge in [-0.15, -0.1) is 0 Å². The van der Waals surface area contributed by atoms with E-state index in [1.165, 1.54) is 0 Å². The highest BCUT2D eigenvalue weighted by Gasteiger charge is 2.32. The number of benzene rings is 1. The van der Waals surface area contributed by atoms with Gasteiger partial charge in [0.2, 0.25) is 5.91 Å². The maximum absolute atomic E-state index is 12.7. The molecule has 3 atom stereocenters. The highest BCUT2D eigenvalue weighted by molar-refractivity contribution is 6.65. The first-order valence-corrected chi connectivity index (χ1v) is 9.74. The monoisotopic (exact) mass is 441 g/mol. The number of nitrogens with one attached hydrogen (secondary N) is 2. The number of amides is 2. The molecule has 1 aliphatic heterocycles. The lowest BCUT2D eigenvalue weighted by Crippen LogP contribution is -2.54. The van der Waals surface area contributed by atoms with Crippen LogP contribution in [0, 0.1) is 0 Å². The Hall–Kier alpha value is -2.85. The first-order chi connectivity index (χ1) is 14.4. The van der Waals surface area contributed by atoms with E-state index in [9.17, 15) is 19.5 Å². The third kappa shape index (κ3) is 7.53. The molecular formula is C19H24ClN3O7. The molecule has 0 saturated heterocycles. The molecule has 0 aliphatic carbocycles. The summed E-state index contributed by atoms with van der Waals surface area (Å²) in [6, 6.07) is 6.62. The molecule has 11 heteroatoms. The van der Waals surface area contributed by atoms with Gasteiger partial charge in [-0.1, -0.05) is 47.1 Å². The Labute approximate surface area is 178 Å². The predicted octanol–water partition coefficient (Wildman–Crippen LogP) is 1.05. The Morgan fingerprint density at radius 3 is 2.57 bits per heavy atom. The van der Waals surface area contributed by atoms with E-state index in [0.717, 1.165) is 5.56 Å². The summed E-state index contributed by atoms with van der Waals surface area (Å²) < 4.78 is 9.95. The van der Waals surface area contributed by atoms with Crippen molar-refractivity contribution in [2.45, 2.75) is 44.6 Å². The van der Waals surface area contributed by atoms with Crippen molar-refractivity contribution in [3.8, 4) is 0 Å². The normalized spacial score (nSPS) is 17.2. The Morgan fingerprint density at radius 1 is 1.23 bits per heavy atom. The van der Waals surface area contributed by atoms with E-state index in [1.54, 1.807) is 31.2 Å². The largest absolute Gasteiger partial charge is 0.464 e. The van der Waals surface area contributed by atoms with Crippen molar-refractivity contribution in [3.63, 3.8) is 0 Å². The van der Waals surface area contributed by atoms with E-state index in [-0.39, 0.29) is 31.2 Å². The number of alkyl carbamates (subject to hydrolysis) is 1. The molecule has 3 N–H and O–H groups in total. The van der Waals surface area contributed by atoms with Gasteiger partial charge < -0.3 is 30.1 Å². The third-order valence-electron chi connectivity index (χ3n) is 4.09. The molecule has 0 fully saturated rings. The summed E-state index contributed by atoms with van der Waals surface area (Å²) in [5, 5.41) is 18.0. The SMILES string of the molecule is CCOC(=O)[C@H](CO)NC(=O)C(CC1CC(Cl)=NO1)NC(=O)OCc1ccccc1. The van der Waals surface area contributed by atoms with Crippen LogP contribution in [0.15, 0.2) is 35.5 Å². The van der Waals surface area contributed by atoms with Crippen LogP contribution in [0.25, 0.3) is 0 Å². The molecule has 2 rings (SSSR count). The zero-order valence-electron chi connectivity index (χ0n) is 16.4. The van der Waals surface area contributed by atoms with Gasteiger partial charge in [0.1, 0.15) is 23.9 Å². The fourth-order valence-corrected chi connectivity index (χ4v) is 2.83. The second-order valence-corrected chi connectivity index (χ2v) is 6.83. The minimum Gasteiger partial charge on any atom is -0.464 e.